The molecule has 3 aromatic heterocycles. The van der Waals surface area contributed by atoms with E-state index in [0.717, 1.165) is 73.8 Å². The maximum atomic E-state index is 13.0. The zero-order valence-corrected chi connectivity index (χ0v) is 29.8. The summed E-state index contributed by atoms with van der Waals surface area (Å²) in [6.45, 7) is 6.75. The van der Waals surface area contributed by atoms with Gasteiger partial charge in [0.05, 0.1) is 48.1 Å². The lowest BCUT2D eigenvalue weighted by Crippen LogP contribution is -2.37. The molecule has 2 fully saturated rings. The highest BCUT2D eigenvalue weighted by atomic mass is 35.5. The molecule has 51 heavy (non-hydrogen) atoms. The lowest BCUT2D eigenvalue weighted by Gasteiger charge is -2.20. The first kappa shape index (κ1) is 33.7. The van der Waals surface area contributed by atoms with Gasteiger partial charge in [-0.2, -0.15) is 0 Å². The van der Waals surface area contributed by atoms with Crippen LogP contribution in [0.25, 0.3) is 32.6 Å². The van der Waals surface area contributed by atoms with Crippen LogP contribution in [0.2, 0.25) is 5.02 Å². The largest absolute Gasteiger partial charge is 0.481 e. The van der Waals surface area contributed by atoms with Crippen molar-refractivity contribution in [1.29, 1.82) is 0 Å². The molecule has 13 heteroatoms. The molecule has 0 unspecified atom stereocenters. The van der Waals surface area contributed by atoms with Crippen molar-refractivity contribution < 1.29 is 19.8 Å². The monoisotopic (exact) mass is 723 g/mol. The number of nitrogens with zero attached hydrogens (tertiary/aromatic N) is 6. The maximum Gasteiger partial charge on any atom is 0.307 e. The average molecular weight is 724 g/mol. The van der Waals surface area contributed by atoms with Crippen molar-refractivity contribution in [2.75, 3.05) is 38.0 Å². The molecule has 0 aliphatic carbocycles. The van der Waals surface area contributed by atoms with Gasteiger partial charge in [0.2, 0.25) is 5.91 Å². The number of aliphatic hydroxyl groups excluding tert-OH is 1. The van der Waals surface area contributed by atoms with E-state index in [2.05, 4.69) is 40.3 Å². The number of nitrogens with one attached hydrogen (secondary N) is 1. The van der Waals surface area contributed by atoms with Crippen LogP contribution in [0, 0.1) is 12.8 Å². The zero-order chi connectivity index (χ0) is 35.2. The van der Waals surface area contributed by atoms with E-state index in [1.165, 1.54) is 0 Å². The quantitative estimate of drug-likeness (QED) is 0.168. The molecular weight excluding hydrogens is 686 g/mol. The van der Waals surface area contributed by atoms with Crippen molar-refractivity contribution in [2.45, 2.75) is 45.5 Å². The summed E-state index contributed by atoms with van der Waals surface area (Å²) in [6.07, 6.45) is 4.63. The van der Waals surface area contributed by atoms with Crippen molar-refractivity contribution in [3.05, 3.63) is 87.6 Å². The summed E-state index contributed by atoms with van der Waals surface area (Å²) in [5, 5.41) is 25.0. The third-order valence-corrected chi connectivity index (χ3v) is 11.7. The van der Waals surface area contributed by atoms with Crippen LogP contribution in [0.15, 0.2) is 60.9 Å². The van der Waals surface area contributed by atoms with Crippen molar-refractivity contribution in [1.82, 2.24) is 29.7 Å². The first-order chi connectivity index (χ1) is 24.7. The van der Waals surface area contributed by atoms with Gasteiger partial charge in [-0.25, -0.2) is 9.97 Å². The number of aliphatic hydroxyl groups is 1. The second-order valence-corrected chi connectivity index (χ2v) is 15.2. The van der Waals surface area contributed by atoms with Gasteiger partial charge in [0.15, 0.2) is 5.82 Å². The Labute approximate surface area is 304 Å². The topological polar surface area (TPSA) is 135 Å². The van der Waals surface area contributed by atoms with Crippen molar-refractivity contribution in [2.24, 2.45) is 5.92 Å². The number of pyridine rings is 2. The number of β-amino-alcohol motifs (C(OH)–C–C–N with tert-alkyl or cyclic N) is 1. The molecule has 3 N–H and O–H groups in total. The van der Waals surface area contributed by atoms with E-state index < -0.39 is 5.97 Å². The first-order valence-electron chi connectivity index (χ1n) is 17.2. The predicted molar refractivity (Wildman–Crippen MR) is 198 cm³/mol. The normalized spacial score (nSPS) is 19.2. The smallest absolute Gasteiger partial charge is 0.307 e. The van der Waals surface area contributed by atoms with Gasteiger partial charge in [-0.3, -0.25) is 24.4 Å². The fraction of sp³-hybridized carbons (Fsp3) is 0.342. The molecular formula is C38H38ClN7O4S. The van der Waals surface area contributed by atoms with Gasteiger partial charge >= 0.3 is 5.97 Å². The Balaban J connectivity index is 0.990. The van der Waals surface area contributed by atoms with E-state index in [-0.39, 0.29) is 17.9 Å². The molecule has 1 amide bonds. The summed E-state index contributed by atoms with van der Waals surface area (Å²) in [4.78, 5) is 45.8. The third kappa shape index (κ3) is 6.82. The molecule has 3 aliphatic heterocycles. The van der Waals surface area contributed by atoms with E-state index in [1.54, 1.807) is 17.5 Å². The summed E-state index contributed by atoms with van der Waals surface area (Å²) in [5.74, 6) is -0.377. The molecule has 0 saturated carbocycles. The van der Waals surface area contributed by atoms with Gasteiger partial charge < -0.3 is 20.4 Å². The van der Waals surface area contributed by atoms with E-state index in [0.29, 0.717) is 62.2 Å². The number of benzene rings is 2. The molecule has 5 aromatic rings. The number of hydrogen-bond acceptors (Lipinski definition) is 10. The Morgan fingerprint density at radius 3 is 2.59 bits per heavy atom. The molecule has 0 radical (unpaired) electrons. The summed E-state index contributed by atoms with van der Waals surface area (Å²) in [7, 11) is 0. The molecule has 2 saturated heterocycles. The Morgan fingerprint density at radius 1 is 1.00 bits per heavy atom. The number of carboxylic acid groups (broad SMARTS) is 1. The number of carboxylic acids is 1. The maximum absolute atomic E-state index is 13.0. The van der Waals surface area contributed by atoms with Crippen LogP contribution in [-0.2, 0) is 29.2 Å². The standard InChI is InChI=1S/C38H38ClN7O4S/c1-22-27(4-2-5-28(22)37-43-31-19-46(20-32(31)51-37)33(48)21-45-13-10-26(47)18-45)29-6-3-7-30(34(29)39)42-36-35-24(8-11-40-36)14-23(15-41-35)16-44-12-9-25(17-44)38(49)50/h2-8,11,14-15,25-26,47H,9-10,12-13,16-21H2,1H3,(H,40,42)(H,49,50)/t25-,26+/m1/s1. The van der Waals surface area contributed by atoms with Gasteiger partial charge in [-0.05, 0) is 61.2 Å². The lowest BCUT2D eigenvalue weighted by molar-refractivity contribution is -0.141. The Morgan fingerprint density at radius 2 is 1.80 bits per heavy atom. The number of carbonyl (C=O) groups excluding carboxylic acids is 1. The number of hydrogen-bond donors (Lipinski definition) is 3. The molecule has 6 heterocycles. The van der Waals surface area contributed by atoms with Crippen molar-refractivity contribution in [3.8, 4) is 21.7 Å². The minimum absolute atomic E-state index is 0.0751. The third-order valence-electron chi connectivity index (χ3n) is 10.2. The molecule has 3 aliphatic rings. The number of likely N-dealkylation sites (tertiary alicyclic amines) is 2. The van der Waals surface area contributed by atoms with Crippen LogP contribution in [0.5, 0.6) is 0 Å². The highest BCUT2D eigenvalue weighted by Crippen LogP contribution is 2.41. The second kappa shape index (κ2) is 13.9. The number of anilines is 2. The summed E-state index contributed by atoms with van der Waals surface area (Å²) < 4.78 is 0. The molecule has 0 bridgehead atoms. The number of halogens is 1. The van der Waals surface area contributed by atoms with Crippen LogP contribution < -0.4 is 5.32 Å². The van der Waals surface area contributed by atoms with E-state index in [4.69, 9.17) is 21.6 Å². The first-order valence-corrected chi connectivity index (χ1v) is 18.4. The summed E-state index contributed by atoms with van der Waals surface area (Å²) >= 11 is 8.75. The van der Waals surface area contributed by atoms with E-state index in [9.17, 15) is 19.8 Å². The SMILES string of the molecule is Cc1c(-c2nc3c(s2)CN(C(=O)CN2CC[C@H](O)C2)C3)cccc1-c1cccc(Nc2nccc3cc(CN4CC[C@@H](C(=O)O)C4)cnc23)c1Cl. The van der Waals surface area contributed by atoms with Crippen LogP contribution in [-0.4, -0.2) is 90.6 Å². The fourth-order valence-electron chi connectivity index (χ4n) is 7.42. The molecule has 0 spiro atoms. The number of thiazole rings is 1. The molecule has 11 nitrogen and oxygen atoms in total. The van der Waals surface area contributed by atoms with Crippen molar-refractivity contribution in [3.63, 3.8) is 0 Å². The van der Waals surface area contributed by atoms with Crippen LogP contribution >= 0.6 is 22.9 Å². The van der Waals surface area contributed by atoms with E-state index in [1.807, 2.05) is 46.3 Å². The highest BCUT2D eigenvalue weighted by Gasteiger charge is 2.31. The van der Waals surface area contributed by atoms with Gasteiger partial charge in [-0.15, -0.1) is 11.3 Å². The molecule has 262 valence electrons. The molecule has 2 aromatic carbocycles. The zero-order valence-electron chi connectivity index (χ0n) is 28.2. The number of amides is 1. The lowest BCUT2D eigenvalue weighted by atomic mass is 9.96. The summed E-state index contributed by atoms with van der Waals surface area (Å²) in [5.41, 5.74) is 7.39. The number of aliphatic carboxylic acids is 1. The van der Waals surface area contributed by atoms with Crippen molar-refractivity contribution >= 4 is 57.2 Å². The van der Waals surface area contributed by atoms with Gasteiger partial charge in [0.25, 0.3) is 0 Å². The van der Waals surface area contributed by atoms with Gasteiger partial charge in [0, 0.05) is 60.0 Å². The average Bonchev–Trinajstić information content (AvgIpc) is 3.91. The molecule has 8 rings (SSSR count). The van der Waals surface area contributed by atoms with Gasteiger partial charge in [-0.1, -0.05) is 41.9 Å². The Bertz CT molecular complexity index is 2140. The van der Waals surface area contributed by atoms with Crippen LogP contribution in [0.1, 0.15) is 34.5 Å². The second-order valence-electron chi connectivity index (χ2n) is 13.7. The predicted octanol–water partition coefficient (Wildman–Crippen LogP) is 5.94. The number of carbonyl (C=O) groups is 2. The van der Waals surface area contributed by atoms with Gasteiger partial charge in [0.1, 0.15) is 10.5 Å². The minimum Gasteiger partial charge on any atom is -0.481 e. The van der Waals surface area contributed by atoms with Crippen LogP contribution in [0.3, 0.4) is 0 Å². The fourth-order valence-corrected chi connectivity index (χ4v) is 8.87. The Kier molecular flexibility index (Phi) is 9.20. The number of aromatic nitrogens is 3. The van der Waals surface area contributed by atoms with Crippen LogP contribution in [0.4, 0.5) is 11.5 Å². The highest BCUT2D eigenvalue weighted by molar-refractivity contribution is 7.15. The van der Waals surface area contributed by atoms with E-state index >= 15 is 0 Å². The summed E-state index contributed by atoms with van der Waals surface area (Å²) in [6, 6.07) is 16.1. The number of fused-ring (bicyclic) bond motifs is 2. The Hall–Kier alpha value is -4.46. The minimum atomic E-state index is -0.733. The molecule has 2 atom stereocenters. The number of rotatable bonds is 9.